The van der Waals surface area contributed by atoms with Gasteiger partial charge in [-0.3, -0.25) is 4.79 Å². The highest BCUT2D eigenvalue weighted by Crippen LogP contribution is 2.26. The third-order valence-electron chi connectivity index (χ3n) is 4.24. The van der Waals surface area contributed by atoms with Crippen LogP contribution in [0.15, 0.2) is 0 Å². The van der Waals surface area contributed by atoms with E-state index in [1.165, 1.54) is 19.3 Å². The fourth-order valence-electron chi connectivity index (χ4n) is 2.52. The predicted octanol–water partition coefficient (Wildman–Crippen LogP) is 1.84. The van der Waals surface area contributed by atoms with Crippen molar-refractivity contribution in [3.05, 3.63) is 0 Å². The fourth-order valence-corrected chi connectivity index (χ4v) is 2.52. The smallest absolute Gasteiger partial charge is 0.237 e. The van der Waals surface area contributed by atoms with Crippen LogP contribution in [0, 0.1) is 11.8 Å². The summed E-state index contributed by atoms with van der Waals surface area (Å²) in [6.07, 6.45) is 6.29. The Bertz CT molecular complexity index is 258. The van der Waals surface area contributed by atoms with Crippen LogP contribution >= 0.6 is 12.4 Å². The van der Waals surface area contributed by atoms with Gasteiger partial charge in [-0.25, -0.2) is 0 Å². The molecule has 5 heteroatoms. The second-order valence-electron chi connectivity index (χ2n) is 5.62. The number of nitrogens with two attached hydrogens (primary N) is 1. The van der Waals surface area contributed by atoms with Gasteiger partial charge in [0.2, 0.25) is 5.91 Å². The molecule has 1 fully saturated rings. The molecule has 0 bridgehead atoms. The molecule has 0 aromatic rings. The zero-order chi connectivity index (χ0) is 13.5. The van der Waals surface area contributed by atoms with Gasteiger partial charge in [0.15, 0.2) is 0 Å². The molecule has 0 radical (unpaired) electrons. The number of aliphatic hydroxyl groups is 1. The zero-order valence-electron chi connectivity index (χ0n) is 12.1. The van der Waals surface area contributed by atoms with Crippen molar-refractivity contribution in [2.45, 2.75) is 64.5 Å². The molecule has 4 N–H and O–H groups in total. The van der Waals surface area contributed by atoms with E-state index < -0.39 is 12.1 Å². The second kappa shape index (κ2) is 9.56. The Labute approximate surface area is 122 Å². The number of hydrogen-bond acceptors (Lipinski definition) is 3. The molecule has 3 atom stereocenters. The molecular weight excluding hydrogens is 264 g/mol. The lowest BCUT2D eigenvalue weighted by Crippen LogP contribution is -2.47. The van der Waals surface area contributed by atoms with E-state index in [1.807, 2.05) is 13.8 Å². The van der Waals surface area contributed by atoms with Crippen molar-refractivity contribution < 1.29 is 9.90 Å². The standard InChI is InChI=1S/C14H28N2O2.ClH/c1-3-10(2)13(15)14(18)16-9-12(17)11-7-5-4-6-8-11;/h10-13,17H,3-9,15H2,1-2H3,(H,16,18);1H. The van der Waals surface area contributed by atoms with Crippen LogP contribution in [0.25, 0.3) is 0 Å². The van der Waals surface area contributed by atoms with Crippen molar-refractivity contribution in [1.82, 2.24) is 5.32 Å². The molecule has 19 heavy (non-hydrogen) atoms. The summed E-state index contributed by atoms with van der Waals surface area (Å²) in [4.78, 5) is 11.8. The first kappa shape index (κ1) is 18.7. The topological polar surface area (TPSA) is 75.4 Å². The third kappa shape index (κ3) is 6.11. The Morgan fingerprint density at radius 2 is 1.95 bits per heavy atom. The summed E-state index contributed by atoms with van der Waals surface area (Å²) < 4.78 is 0. The Balaban J connectivity index is 0.00000324. The van der Waals surface area contributed by atoms with Gasteiger partial charge in [-0.2, -0.15) is 0 Å². The Morgan fingerprint density at radius 1 is 1.37 bits per heavy atom. The van der Waals surface area contributed by atoms with Gasteiger partial charge in [0.1, 0.15) is 0 Å². The van der Waals surface area contributed by atoms with E-state index in [9.17, 15) is 9.90 Å². The fraction of sp³-hybridized carbons (Fsp3) is 0.929. The number of amides is 1. The molecule has 0 heterocycles. The van der Waals surface area contributed by atoms with Gasteiger partial charge in [-0.1, -0.05) is 39.5 Å². The maximum absolute atomic E-state index is 11.8. The summed E-state index contributed by atoms with van der Waals surface area (Å²) in [5.41, 5.74) is 5.84. The van der Waals surface area contributed by atoms with Crippen molar-refractivity contribution in [2.75, 3.05) is 6.54 Å². The molecule has 0 saturated heterocycles. The molecule has 0 aromatic heterocycles. The SMILES string of the molecule is CCC(C)C(N)C(=O)NCC(O)C1CCCCC1.Cl. The maximum Gasteiger partial charge on any atom is 0.237 e. The monoisotopic (exact) mass is 292 g/mol. The van der Waals surface area contributed by atoms with E-state index in [4.69, 9.17) is 5.73 Å². The molecule has 1 rings (SSSR count). The van der Waals surface area contributed by atoms with Crippen LogP contribution in [-0.4, -0.2) is 29.7 Å². The molecule has 0 spiro atoms. The van der Waals surface area contributed by atoms with Gasteiger partial charge >= 0.3 is 0 Å². The van der Waals surface area contributed by atoms with E-state index >= 15 is 0 Å². The Hall–Kier alpha value is -0.320. The highest BCUT2D eigenvalue weighted by atomic mass is 35.5. The highest BCUT2D eigenvalue weighted by Gasteiger charge is 2.24. The van der Waals surface area contributed by atoms with Crippen LogP contribution in [0.2, 0.25) is 0 Å². The number of hydrogen-bond donors (Lipinski definition) is 3. The number of rotatable bonds is 6. The van der Waals surface area contributed by atoms with Crippen molar-refractivity contribution in [3.63, 3.8) is 0 Å². The lowest BCUT2D eigenvalue weighted by atomic mass is 9.85. The Kier molecular flexibility index (Phi) is 9.40. The lowest BCUT2D eigenvalue weighted by molar-refractivity contribution is -0.124. The third-order valence-corrected chi connectivity index (χ3v) is 4.24. The molecule has 1 saturated carbocycles. The molecule has 1 aliphatic rings. The quantitative estimate of drug-likeness (QED) is 0.699. The summed E-state index contributed by atoms with van der Waals surface area (Å²) in [7, 11) is 0. The highest BCUT2D eigenvalue weighted by molar-refractivity contribution is 5.85. The minimum atomic E-state index is -0.464. The summed E-state index contributed by atoms with van der Waals surface area (Å²) in [6, 6.07) is -0.464. The van der Waals surface area contributed by atoms with E-state index in [1.54, 1.807) is 0 Å². The molecule has 0 aromatic carbocycles. The van der Waals surface area contributed by atoms with Gasteiger partial charge in [0, 0.05) is 6.54 Å². The molecule has 3 unspecified atom stereocenters. The zero-order valence-corrected chi connectivity index (χ0v) is 12.9. The van der Waals surface area contributed by atoms with Crippen molar-refractivity contribution in [1.29, 1.82) is 0 Å². The van der Waals surface area contributed by atoms with Crippen LogP contribution in [0.3, 0.4) is 0 Å². The van der Waals surface area contributed by atoms with Crippen LogP contribution in [0.5, 0.6) is 0 Å². The average Bonchev–Trinajstić information content (AvgIpc) is 2.43. The van der Waals surface area contributed by atoms with E-state index in [2.05, 4.69) is 5.32 Å². The molecule has 114 valence electrons. The molecule has 1 aliphatic carbocycles. The van der Waals surface area contributed by atoms with E-state index in [0.29, 0.717) is 12.5 Å². The number of aliphatic hydroxyl groups excluding tert-OH is 1. The van der Waals surface area contributed by atoms with Crippen LogP contribution < -0.4 is 11.1 Å². The minimum absolute atomic E-state index is 0. The first-order chi connectivity index (χ1) is 8.56. The molecule has 1 amide bonds. The van der Waals surface area contributed by atoms with Gasteiger partial charge < -0.3 is 16.2 Å². The van der Waals surface area contributed by atoms with Crippen LogP contribution in [-0.2, 0) is 4.79 Å². The number of carbonyl (C=O) groups is 1. The van der Waals surface area contributed by atoms with Crippen LogP contribution in [0.4, 0.5) is 0 Å². The van der Waals surface area contributed by atoms with Gasteiger partial charge in [0.05, 0.1) is 12.1 Å². The average molecular weight is 293 g/mol. The molecule has 4 nitrogen and oxygen atoms in total. The summed E-state index contributed by atoms with van der Waals surface area (Å²) in [6.45, 7) is 4.34. The van der Waals surface area contributed by atoms with Gasteiger partial charge in [-0.05, 0) is 24.7 Å². The van der Waals surface area contributed by atoms with Crippen molar-refractivity contribution in [2.24, 2.45) is 17.6 Å². The molecular formula is C14H29ClN2O2. The Morgan fingerprint density at radius 3 is 2.47 bits per heavy atom. The largest absolute Gasteiger partial charge is 0.391 e. The maximum atomic E-state index is 11.8. The normalized spacial score (nSPS) is 21.1. The predicted molar refractivity (Wildman–Crippen MR) is 80.3 cm³/mol. The second-order valence-corrected chi connectivity index (χ2v) is 5.62. The summed E-state index contributed by atoms with van der Waals surface area (Å²) >= 11 is 0. The van der Waals surface area contributed by atoms with Crippen molar-refractivity contribution >= 4 is 18.3 Å². The first-order valence-corrected chi connectivity index (χ1v) is 7.27. The summed E-state index contributed by atoms with van der Waals surface area (Å²) in [5.74, 6) is 0.384. The lowest BCUT2D eigenvalue weighted by Gasteiger charge is -2.27. The van der Waals surface area contributed by atoms with E-state index in [-0.39, 0.29) is 24.2 Å². The number of carbonyl (C=O) groups excluding carboxylic acids is 1. The van der Waals surface area contributed by atoms with Crippen LogP contribution in [0.1, 0.15) is 52.4 Å². The number of nitrogens with one attached hydrogen (secondary N) is 1. The minimum Gasteiger partial charge on any atom is -0.391 e. The van der Waals surface area contributed by atoms with Gasteiger partial charge in [-0.15, -0.1) is 12.4 Å². The van der Waals surface area contributed by atoms with E-state index in [0.717, 1.165) is 19.3 Å². The first-order valence-electron chi connectivity index (χ1n) is 7.27. The summed E-state index contributed by atoms with van der Waals surface area (Å²) in [5, 5.41) is 12.8. The number of halogens is 1. The van der Waals surface area contributed by atoms with Crippen molar-refractivity contribution in [3.8, 4) is 0 Å². The molecule has 0 aliphatic heterocycles. The van der Waals surface area contributed by atoms with Gasteiger partial charge in [0.25, 0.3) is 0 Å².